The summed E-state index contributed by atoms with van der Waals surface area (Å²) in [4.78, 5) is 4.44. The normalized spacial score (nSPS) is 15.0. The average molecular weight is 242 g/mol. The Kier molecular flexibility index (Phi) is 5.95. The first kappa shape index (κ1) is 13.6. The number of thiazole rings is 1. The summed E-state index contributed by atoms with van der Waals surface area (Å²) < 4.78 is 5.68. The Balaban J connectivity index is 2.50. The van der Waals surface area contributed by atoms with Crippen molar-refractivity contribution in [2.45, 2.75) is 52.2 Å². The SMILES string of the molecule is CCCC(OCC)C(N)Cc1nc(C)cs1. The zero-order valence-corrected chi connectivity index (χ0v) is 11.2. The van der Waals surface area contributed by atoms with Crippen molar-refractivity contribution in [3.8, 4) is 0 Å². The number of aryl methyl sites for hydroxylation is 1. The Morgan fingerprint density at radius 2 is 2.25 bits per heavy atom. The van der Waals surface area contributed by atoms with Gasteiger partial charge in [-0.05, 0) is 20.3 Å². The predicted molar refractivity (Wildman–Crippen MR) is 68.9 cm³/mol. The molecule has 4 heteroatoms. The molecular weight excluding hydrogens is 220 g/mol. The zero-order chi connectivity index (χ0) is 12.0. The molecule has 0 aliphatic heterocycles. The van der Waals surface area contributed by atoms with Gasteiger partial charge in [0.2, 0.25) is 0 Å². The van der Waals surface area contributed by atoms with E-state index in [0.29, 0.717) is 0 Å². The first-order chi connectivity index (χ1) is 7.67. The van der Waals surface area contributed by atoms with Crippen molar-refractivity contribution in [1.29, 1.82) is 0 Å². The molecule has 92 valence electrons. The number of ether oxygens (including phenoxy) is 1. The van der Waals surface area contributed by atoms with Gasteiger partial charge in [-0.15, -0.1) is 11.3 Å². The highest BCUT2D eigenvalue weighted by molar-refractivity contribution is 7.09. The minimum atomic E-state index is 0.0606. The molecule has 0 aliphatic carbocycles. The standard InChI is InChI=1S/C12H22N2OS/c1-4-6-11(15-5-2)10(13)7-12-14-9(3)8-16-12/h8,10-11H,4-7,13H2,1-3H3. The number of aromatic nitrogens is 1. The lowest BCUT2D eigenvalue weighted by atomic mass is 10.0. The molecule has 2 unspecified atom stereocenters. The molecule has 2 N–H and O–H groups in total. The predicted octanol–water partition coefficient (Wildman–Crippen LogP) is 2.53. The molecule has 0 bridgehead atoms. The van der Waals surface area contributed by atoms with Crippen LogP contribution < -0.4 is 5.73 Å². The second-order valence-corrected chi connectivity index (χ2v) is 4.98. The smallest absolute Gasteiger partial charge is 0.0944 e. The average Bonchev–Trinajstić information content (AvgIpc) is 2.63. The molecule has 0 fully saturated rings. The van der Waals surface area contributed by atoms with E-state index in [1.54, 1.807) is 11.3 Å². The van der Waals surface area contributed by atoms with Crippen LogP contribution in [-0.4, -0.2) is 23.7 Å². The van der Waals surface area contributed by atoms with Crippen LogP contribution in [0.4, 0.5) is 0 Å². The largest absolute Gasteiger partial charge is 0.377 e. The van der Waals surface area contributed by atoms with Crippen molar-refractivity contribution in [1.82, 2.24) is 4.98 Å². The van der Waals surface area contributed by atoms with E-state index in [1.807, 2.05) is 13.8 Å². The van der Waals surface area contributed by atoms with Crippen molar-refractivity contribution in [2.75, 3.05) is 6.61 Å². The summed E-state index contributed by atoms with van der Waals surface area (Å²) in [5.41, 5.74) is 7.25. The summed E-state index contributed by atoms with van der Waals surface area (Å²) in [7, 11) is 0. The van der Waals surface area contributed by atoms with Gasteiger partial charge in [-0.1, -0.05) is 13.3 Å². The molecule has 0 aliphatic rings. The Bertz CT molecular complexity index is 295. The monoisotopic (exact) mass is 242 g/mol. The third-order valence-electron chi connectivity index (χ3n) is 2.51. The zero-order valence-electron chi connectivity index (χ0n) is 10.4. The molecule has 16 heavy (non-hydrogen) atoms. The van der Waals surface area contributed by atoms with Crippen molar-refractivity contribution in [3.05, 3.63) is 16.1 Å². The maximum absolute atomic E-state index is 6.17. The van der Waals surface area contributed by atoms with Gasteiger partial charge >= 0.3 is 0 Å². The van der Waals surface area contributed by atoms with Crippen LogP contribution in [0.25, 0.3) is 0 Å². The second kappa shape index (κ2) is 6.99. The first-order valence-electron chi connectivity index (χ1n) is 5.95. The van der Waals surface area contributed by atoms with Gasteiger partial charge in [0.25, 0.3) is 0 Å². The lowest BCUT2D eigenvalue weighted by molar-refractivity contribution is 0.0378. The van der Waals surface area contributed by atoms with E-state index >= 15 is 0 Å². The van der Waals surface area contributed by atoms with Crippen molar-refractivity contribution in [3.63, 3.8) is 0 Å². The fourth-order valence-corrected chi connectivity index (χ4v) is 2.59. The number of hydrogen-bond donors (Lipinski definition) is 1. The quantitative estimate of drug-likeness (QED) is 0.799. The Hall–Kier alpha value is -0.450. The van der Waals surface area contributed by atoms with Crippen molar-refractivity contribution in [2.24, 2.45) is 5.73 Å². The molecule has 0 saturated carbocycles. The van der Waals surface area contributed by atoms with E-state index in [2.05, 4.69) is 17.3 Å². The summed E-state index contributed by atoms with van der Waals surface area (Å²) in [6.07, 6.45) is 3.12. The fourth-order valence-electron chi connectivity index (χ4n) is 1.75. The third kappa shape index (κ3) is 4.20. The van der Waals surface area contributed by atoms with Crippen LogP contribution >= 0.6 is 11.3 Å². The van der Waals surface area contributed by atoms with Crippen LogP contribution in [0.15, 0.2) is 5.38 Å². The maximum atomic E-state index is 6.17. The minimum Gasteiger partial charge on any atom is -0.377 e. The number of hydrogen-bond acceptors (Lipinski definition) is 4. The number of rotatable bonds is 7. The molecule has 1 heterocycles. The number of nitrogens with zero attached hydrogens (tertiary/aromatic N) is 1. The molecule has 1 aromatic heterocycles. The second-order valence-electron chi connectivity index (χ2n) is 4.03. The third-order valence-corrected chi connectivity index (χ3v) is 3.50. The molecular formula is C12H22N2OS. The molecule has 0 amide bonds. The highest BCUT2D eigenvalue weighted by atomic mass is 32.1. The summed E-state index contributed by atoms with van der Waals surface area (Å²) in [5.74, 6) is 0. The van der Waals surface area contributed by atoms with E-state index in [4.69, 9.17) is 10.5 Å². The molecule has 1 aromatic rings. The number of nitrogens with two attached hydrogens (primary N) is 1. The topological polar surface area (TPSA) is 48.1 Å². The highest BCUT2D eigenvalue weighted by Gasteiger charge is 2.18. The van der Waals surface area contributed by atoms with E-state index in [1.165, 1.54) is 0 Å². The Morgan fingerprint density at radius 3 is 2.75 bits per heavy atom. The van der Waals surface area contributed by atoms with Crippen LogP contribution in [0.1, 0.15) is 37.4 Å². The summed E-state index contributed by atoms with van der Waals surface area (Å²) in [6, 6.07) is 0.0606. The minimum absolute atomic E-state index is 0.0606. The van der Waals surface area contributed by atoms with Crippen LogP contribution in [0, 0.1) is 6.92 Å². The Morgan fingerprint density at radius 1 is 1.50 bits per heavy atom. The molecule has 2 atom stereocenters. The molecule has 0 spiro atoms. The Labute approximate surface area is 102 Å². The van der Waals surface area contributed by atoms with E-state index in [-0.39, 0.29) is 12.1 Å². The van der Waals surface area contributed by atoms with E-state index in [0.717, 1.165) is 36.6 Å². The van der Waals surface area contributed by atoms with Crippen molar-refractivity contribution < 1.29 is 4.74 Å². The molecule has 1 rings (SSSR count). The van der Waals surface area contributed by atoms with Crippen LogP contribution in [0.5, 0.6) is 0 Å². The van der Waals surface area contributed by atoms with Crippen molar-refractivity contribution >= 4 is 11.3 Å². The van der Waals surface area contributed by atoms with E-state index in [9.17, 15) is 0 Å². The van der Waals surface area contributed by atoms with Gasteiger partial charge < -0.3 is 10.5 Å². The summed E-state index contributed by atoms with van der Waals surface area (Å²) in [5, 5.41) is 3.18. The van der Waals surface area contributed by atoms with Gasteiger partial charge in [0.15, 0.2) is 0 Å². The van der Waals surface area contributed by atoms with Crippen LogP contribution in [0.2, 0.25) is 0 Å². The molecule has 3 nitrogen and oxygen atoms in total. The maximum Gasteiger partial charge on any atom is 0.0944 e. The van der Waals surface area contributed by atoms with Gasteiger partial charge in [-0.3, -0.25) is 0 Å². The van der Waals surface area contributed by atoms with Gasteiger partial charge in [0, 0.05) is 30.1 Å². The first-order valence-corrected chi connectivity index (χ1v) is 6.83. The summed E-state index contributed by atoms with van der Waals surface area (Å²) in [6.45, 7) is 6.92. The van der Waals surface area contributed by atoms with Gasteiger partial charge in [0.05, 0.1) is 11.1 Å². The highest BCUT2D eigenvalue weighted by Crippen LogP contribution is 2.14. The van der Waals surface area contributed by atoms with E-state index < -0.39 is 0 Å². The van der Waals surface area contributed by atoms with Crippen LogP contribution in [0.3, 0.4) is 0 Å². The molecule has 0 radical (unpaired) electrons. The molecule has 0 saturated heterocycles. The van der Waals surface area contributed by atoms with Gasteiger partial charge in [-0.2, -0.15) is 0 Å². The summed E-state index contributed by atoms with van der Waals surface area (Å²) >= 11 is 1.68. The lowest BCUT2D eigenvalue weighted by Gasteiger charge is -2.22. The van der Waals surface area contributed by atoms with Crippen LogP contribution in [-0.2, 0) is 11.2 Å². The lowest BCUT2D eigenvalue weighted by Crippen LogP contribution is -2.38. The molecule has 0 aromatic carbocycles. The van der Waals surface area contributed by atoms with Gasteiger partial charge in [-0.25, -0.2) is 4.98 Å². The fraction of sp³-hybridized carbons (Fsp3) is 0.750. The van der Waals surface area contributed by atoms with Gasteiger partial charge in [0.1, 0.15) is 0 Å².